The second-order valence-electron chi connectivity index (χ2n) is 8.36. The van der Waals surface area contributed by atoms with Gasteiger partial charge in [0.05, 0.1) is 27.4 Å². The number of methoxy groups -OCH3 is 3. The van der Waals surface area contributed by atoms with Gasteiger partial charge in [-0.25, -0.2) is 0 Å². The maximum Gasteiger partial charge on any atom is 0.255 e. The fraction of sp³-hybridized carbons (Fsp3) is 0.207. The second-order valence-corrected chi connectivity index (χ2v) is 8.36. The topological polar surface area (TPSA) is 48.0 Å². The molecule has 1 amide bonds. The van der Waals surface area contributed by atoms with Crippen LogP contribution in [0.4, 0.5) is 0 Å². The predicted molar refractivity (Wildman–Crippen MR) is 133 cm³/mol. The highest BCUT2D eigenvalue weighted by molar-refractivity contribution is 6.07. The van der Waals surface area contributed by atoms with Crippen molar-refractivity contribution in [2.45, 2.75) is 12.5 Å². The molecule has 5 heteroatoms. The standard InChI is InChI=1S/C29H27NO4/c1-32-22-13-11-20(12-14-22)28-25-18-27(34-3)26(33-2)17-21(25)15-16-30(28)29(31)24-10-6-8-19-7-4-5-9-23(19)24/h4-14,17-18,28H,15-16H2,1-3H3. The SMILES string of the molecule is COc1ccc(C2c3cc(OC)c(OC)cc3CCN2C(=O)c2cccc3ccccc23)cc1. The summed E-state index contributed by atoms with van der Waals surface area (Å²) in [5, 5.41) is 2.01. The van der Waals surface area contributed by atoms with Crippen molar-refractivity contribution in [3.63, 3.8) is 0 Å². The molecule has 0 radical (unpaired) electrons. The fourth-order valence-electron chi connectivity index (χ4n) is 4.88. The van der Waals surface area contributed by atoms with Crippen molar-refractivity contribution in [1.82, 2.24) is 4.90 Å². The van der Waals surface area contributed by atoms with E-state index in [-0.39, 0.29) is 11.9 Å². The first kappa shape index (κ1) is 21.8. The van der Waals surface area contributed by atoms with Gasteiger partial charge < -0.3 is 19.1 Å². The summed E-state index contributed by atoms with van der Waals surface area (Å²) in [5.74, 6) is 2.14. The van der Waals surface area contributed by atoms with E-state index in [2.05, 4.69) is 0 Å². The van der Waals surface area contributed by atoms with Crippen LogP contribution >= 0.6 is 0 Å². The largest absolute Gasteiger partial charge is 0.497 e. The zero-order chi connectivity index (χ0) is 23.7. The molecular formula is C29H27NO4. The molecule has 0 N–H and O–H groups in total. The van der Waals surface area contributed by atoms with Crippen LogP contribution in [0.1, 0.15) is 33.1 Å². The van der Waals surface area contributed by atoms with Gasteiger partial charge in [0, 0.05) is 12.1 Å². The van der Waals surface area contributed by atoms with Crippen LogP contribution in [0.5, 0.6) is 17.2 Å². The Labute approximate surface area is 199 Å². The minimum Gasteiger partial charge on any atom is -0.497 e. The number of nitrogens with zero attached hydrogens (tertiary/aromatic N) is 1. The second kappa shape index (κ2) is 9.10. The first-order valence-corrected chi connectivity index (χ1v) is 11.3. The Morgan fingerprint density at radius 1 is 0.824 bits per heavy atom. The van der Waals surface area contributed by atoms with Crippen molar-refractivity contribution >= 4 is 16.7 Å². The Morgan fingerprint density at radius 2 is 1.53 bits per heavy atom. The van der Waals surface area contributed by atoms with Crippen LogP contribution in [-0.2, 0) is 6.42 Å². The summed E-state index contributed by atoms with van der Waals surface area (Å²) < 4.78 is 16.5. The van der Waals surface area contributed by atoms with E-state index in [4.69, 9.17) is 14.2 Å². The van der Waals surface area contributed by atoms with Crippen LogP contribution in [0.2, 0.25) is 0 Å². The summed E-state index contributed by atoms with van der Waals surface area (Å²) in [6.45, 7) is 0.598. The molecule has 1 heterocycles. The molecule has 4 aromatic rings. The van der Waals surface area contributed by atoms with Gasteiger partial charge in [0.2, 0.25) is 0 Å². The van der Waals surface area contributed by atoms with Crippen molar-refractivity contribution in [3.05, 3.63) is 101 Å². The number of hydrogen-bond acceptors (Lipinski definition) is 4. The summed E-state index contributed by atoms with van der Waals surface area (Å²) in [6.07, 6.45) is 0.735. The molecule has 0 saturated carbocycles. The summed E-state index contributed by atoms with van der Waals surface area (Å²) in [4.78, 5) is 16.0. The van der Waals surface area contributed by atoms with E-state index in [1.54, 1.807) is 21.3 Å². The third kappa shape index (κ3) is 3.73. The summed E-state index contributed by atoms with van der Waals surface area (Å²) >= 11 is 0. The van der Waals surface area contributed by atoms with Gasteiger partial charge in [-0.15, -0.1) is 0 Å². The Bertz CT molecular complexity index is 1340. The number of benzene rings is 4. The number of ether oxygens (including phenoxy) is 3. The maximum atomic E-state index is 14.1. The maximum absolute atomic E-state index is 14.1. The van der Waals surface area contributed by atoms with Crippen LogP contribution in [0.15, 0.2) is 78.9 Å². The van der Waals surface area contributed by atoms with Crippen LogP contribution < -0.4 is 14.2 Å². The molecule has 34 heavy (non-hydrogen) atoms. The van der Waals surface area contributed by atoms with Crippen molar-refractivity contribution < 1.29 is 19.0 Å². The average Bonchev–Trinajstić information content (AvgIpc) is 2.90. The molecule has 0 saturated heterocycles. The molecule has 172 valence electrons. The van der Waals surface area contributed by atoms with E-state index in [1.165, 1.54) is 0 Å². The molecule has 1 aliphatic heterocycles. The lowest BCUT2D eigenvalue weighted by atomic mass is 9.87. The predicted octanol–water partition coefficient (Wildman–Crippen LogP) is 5.65. The first-order valence-electron chi connectivity index (χ1n) is 11.3. The van der Waals surface area contributed by atoms with Gasteiger partial charge in [-0.05, 0) is 64.2 Å². The number of amides is 1. The van der Waals surface area contributed by atoms with E-state index in [0.717, 1.165) is 39.6 Å². The highest BCUT2D eigenvalue weighted by atomic mass is 16.5. The number of hydrogen-bond donors (Lipinski definition) is 0. The van der Waals surface area contributed by atoms with E-state index in [9.17, 15) is 4.79 Å². The number of rotatable bonds is 5. The van der Waals surface area contributed by atoms with Gasteiger partial charge in [-0.2, -0.15) is 0 Å². The van der Waals surface area contributed by atoms with Gasteiger partial charge in [0.15, 0.2) is 11.5 Å². The van der Waals surface area contributed by atoms with Gasteiger partial charge in [0.1, 0.15) is 5.75 Å². The van der Waals surface area contributed by atoms with E-state index < -0.39 is 0 Å². The Kier molecular flexibility index (Phi) is 5.84. The molecule has 1 atom stereocenters. The summed E-state index contributed by atoms with van der Waals surface area (Å²) in [6, 6.07) is 25.6. The molecule has 0 aromatic heterocycles. The normalized spacial score (nSPS) is 15.0. The van der Waals surface area contributed by atoms with E-state index in [1.807, 2.05) is 83.8 Å². The molecule has 1 aliphatic rings. The highest BCUT2D eigenvalue weighted by Crippen LogP contribution is 2.42. The first-order chi connectivity index (χ1) is 16.6. The lowest BCUT2D eigenvalue weighted by Gasteiger charge is -2.38. The van der Waals surface area contributed by atoms with Crippen LogP contribution in [0, 0.1) is 0 Å². The molecule has 5 rings (SSSR count). The van der Waals surface area contributed by atoms with Crippen LogP contribution in [-0.4, -0.2) is 38.7 Å². The van der Waals surface area contributed by atoms with E-state index in [0.29, 0.717) is 23.6 Å². The minimum atomic E-state index is -0.263. The van der Waals surface area contributed by atoms with Crippen molar-refractivity contribution in [2.24, 2.45) is 0 Å². The highest BCUT2D eigenvalue weighted by Gasteiger charge is 2.34. The molecule has 0 aliphatic carbocycles. The third-order valence-electron chi connectivity index (χ3n) is 6.59. The molecule has 0 fully saturated rings. The zero-order valence-corrected chi connectivity index (χ0v) is 19.6. The van der Waals surface area contributed by atoms with Crippen LogP contribution in [0.3, 0.4) is 0 Å². The molecule has 0 bridgehead atoms. The number of carbonyl (C=O) groups excluding carboxylic acids is 1. The number of carbonyl (C=O) groups is 1. The quantitative estimate of drug-likeness (QED) is 0.392. The van der Waals surface area contributed by atoms with E-state index >= 15 is 0 Å². The van der Waals surface area contributed by atoms with Gasteiger partial charge >= 0.3 is 0 Å². The fourth-order valence-corrected chi connectivity index (χ4v) is 4.88. The molecule has 1 unspecified atom stereocenters. The van der Waals surface area contributed by atoms with Crippen LogP contribution in [0.25, 0.3) is 10.8 Å². The molecule has 4 aromatic carbocycles. The Balaban J connectivity index is 1.66. The number of fused-ring (bicyclic) bond motifs is 2. The molecule has 5 nitrogen and oxygen atoms in total. The summed E-state index contributed by atoms with van der Waals surface area (Å²) in [7, 11) is 4.93. The lowest BCUT2D eigenvalue weighted by Crippen LogP contribution is -2.40. The van der Waals surface area contributed by atoms with Crippen molar-refractivity contribution in [2.75, 3.05) is 27.9 Å². The smallest absolute Gasteiger partial charge is 0.255 e. The third-order valence-corrected chi connectivity index (χ3v) is 6.59. The van der Waals surface area contributed by atoms with Gasteiger partial charge in [0.25, 0.3) is 5.91 Å². The Morgan fingerprint density at radius 3 is 2.26 bits per heavy atom. The zero-order valence-electron chi connectivity index (χ0n) is 19.6. The Hall–Kier alpha value is -3.99. The lowest BCUT2D eigenvalue weighted by molar-refractivity contribution is 0.0696. The van der Waals surface area contributed by atoms with Crippen molar-refractivity contribution in [3.8, 4) is 17.2 Å². The monoisotopic (exact) mass is 453 g/mol. The average molecular weight is 454 g/mol. The van der Waals surface area contributed by atoms with Gasteiger partial charge in [-0.3, -0.25) is 4.79 Å². The molecular weight excluding hydrogens is 426 g/mol. The minimum absolute atomic E-state index is 0.0121. The van der Waals surface area contributed by atoms with Crippen molar-refractivity contribution in [1.29, 1.82) is 0 Å². The molecule has 0 spiro atoms. The van der Waals surface area contributed by atoms with Gasteiger partial charge in [-0.1, -0.05) is 48.5 Å². The summed E-state index contributed by atoms with van der Waals surface area (Å²) in [5.41, 5.74) is 3.92.